The molecule has 154 valence electrons. The average Bonchev–Trinajstić information content (AvgIpc) is 2.84. The van der Waals surface area contributed by atoms with Crippen LogP contribution in [0.3, 0.4) is 0 Å². The Morgan fingerprint density at radius 1 is 1.07 bits per heavy atom. The third-order valence-corrected chi connectivity index (χ3v) is 4.80. The van der Waals surface area contributed by atoms with Gasteiger partial charge in [0.15, 0.2) is 0 Å². The number of hydrogen-bond donors (Lipinski definition) is 0. The van der Waals surface area contributed by atoms with Crippen LogP contribution in [0.15, 0.2) is 60.9 Å². The zero-order valence-corrected chi connectivity index (χ0v) is 16.1. The molecule has 0 fully saturated rings. The maximum atomic E-state index is 13.2. The molecule has 3 aromatic rings. The van der Waals surface area contributed by atoms with Crippen LogP contribution in [-0.4, -0.2) is 33.4 Å². The summed E-state index contributed by atoms with van der Waals surface area (Å²) >= 11 is 0. The first-order valence-corrected chi connectivity index (χ1v) is 9.35. The molecule has 1 amide bonds. The Balaban J connectivity index is 1.66. The Hall–Kier alpha value is -3.42. The molecule has 0 bridgehead atoms. The number of ether oxygens (including phenoxy) is 1. The molecule has 0 saturated heterocycles. The summed E-state index contributed by atoms with van der Waals surface area (Å²) in [5, 5.41) is 0. The summed E-state index contributed by atoms with van der Waals surface area (Å²) in [6.45, 7) is 2.46. The fourth-order valence-corrected chi connectivity index (χ4v) is 3.37. The van der Waals surface area contributed by atoms with Gasteiger partial charge >= 0.3 is 6.18 Å². The summed E-state index contributed by atoms with van der Waals surface area (Å²) in [7, 11) is 0. The highest BCUT2D eigenvalue weighted by Gasteiger charge is 2.30. The van der Waals surface area contributed by atoms with Crippen molar-refractivity contribution in [3.63, 3.8) is 0 Å². The van der Waals surface area contributed by atoms with E-state index in [9.17, 15) is 18.0 Å². The van der Waals surface area contributed by atoms with Crippen LogP contribution in [-0.2, 0) is 12.7 Å². The van der Waals surface area contributed by atoms with E-state index in [1.165, 1.54) is 12.1 Å². The molecule has 1 aromatic heterocycles. The average molecular weight is 413 g/mol. The molecule has 0 radical (unpaired) electrons. The molecule has 4 rings (SSSR count). The lowest BCUT2D eigenvalue weighted by Gasteiger charge is -2.21. The van der Waals surface area contributed by atoms with Crippen molar-refractivity contribution in [1.82, 2.24) is 14.9 Å². The normalized spacial score (nSPS) is 16.6. The van der Waals surface area contributed by atoms with Crippen LogP contribution in [0.5, 0.6) is 5.75 Å². The van der Waals surface area contributed by atoms with Crippen molar-refractivity contribution in [1.29, 1.82) is 0 Å². The molecule has 0 spiro atoms. The predicted octanol–water partition coefficient (Wildman–Crippen LogP) is 4.59. The number of halogens is 3. The lowest BCUT2D eigenvalue weighted by molar-refractivity contribution is -0.137. The number of carbonyl (C=O) groups is 1. The summed E-state index contributed by atoms with van der Waals surface area (Å²) in [6, 6.07) is 11.6. The molecular formula is C22H18F3N3O2. The maximum absolute atomic E-state index is 13.2. The molecule has 2 heterocycles. The molecule has 0 saturated carbocycles. The zero-order chi connectivity index (χ0) is 21.3. The lowest BCUT2D eigenvalue weighted by atomic mass is 10.0. The van der Waals surface area contributed by atoms with Crippen LogP contribution in [0.2, 0.25) is 0 Å². The van der Waals surface area contributed by atoms with Crippen molar-refractivity contribution in [3.8, 4) is 16.9 Å². The summed E-state index contributed by atoms with van der Waals surface area (Å²) in [5.74, 6) is 0.718. The van der Waals surface area contributed by atoms with Gasteiger partial charge in [-0.05, 0) is 48.4 Å². The van der Waals surface area contributed by atoms with Gasteiger partial charge in [0.1, 0.15) is 17.7 Å². The highest BCUT2D eigenvalue weighted by Crippen LogP contribution is 2.33. The highest BCUT2D eigenvalue weighted by molar-refractivity contribution is 5.98. The van der Waals surface area contributed by atoms with Crippen molar-refractivity contribution < 1.29 is 22.7 Å². The van der Waals surface area contributed by atoms with Crippen molar-refractivity contribution in [2.24, 2.45) is 0 Å². The second kappa shape index (κ2) is 7.78. The van der Waals surface area contributed by atoms with Gasteiger partial charge in [-0.15, -0.1) is 0 Å². The Morgan fingerprint density at radius 3 is 2.40 bits per heavy atom. The third kappa shape index (κ3) is 4.12. The number of carbonyl (C=O) groups excluding carboxylic acids is 1. The van der Waals surface area contributed by atoms with E-state index in [1.807, 2.05) is 6.92 Å². The summed E-state index contributed by atoms with van der Waals surface area (Å²) in [5.41, 5.74) is 0.842. The molecule has 1 aliphatic rings. The minimum Gasteiger partial charge on any atom is -0.488 e. The number of benzene rings is 2. The van der Waals surface area contributed by atoms with E-state index in [2.05, 4.69) is 9.97 Å². The SMILES string of the molecule is C[C@H]1CN(Cc2ncccn2)C(=O)c2cc(-c3ccc(C(F)(F)F)cc3)ccc2O1. The van der Waals surface area contributed by atoms with E-state index in [0.29, 0.717) is 34.8 Å². The van der Waals surface area contributed by atoms with Crippen molar-refractivity contribution in [2.45, 2.75) is 25.7 Å². The van der Waals surface area contributed by atoms with Gasteiger partial charge in [-0.1, -0.05) is 18.2 Å². The van der Waals surface area contributed by atoms with Crippen LogP contribution in [0, 0.1) is 0 Å². The quantitative estimate of drug-likeness (QED) is 0.631. The van der Waals surface area contributed by atoms with Crippen LogP contribution < -0.4 is 4.74 Å². The van der Waals surface area contributed by atoms with Crippen LogP contribution in [0.1, 0.15) is 28.7 Å². The van der Waals surface area contributed by atoms with Crippen LogP contribution >= 0.6 is 0 Å². The molecule has 5 nitrogen and oxygen atoms in total. The second-order valence-electron chi connectivity index (χ2n) is 7.07. The second-order valence-corrected chi connectivity index (χ2v) is 7.07. The highest BCUT2D eigenvalue weighted by atomic mass is 19.4. The fraction of sp³-hybridized carbons (Fsp3) is 0.227. The summed E-state index contributed by atoms with van der Waals surface area (Å²) < 4.78 is 44.4. The Bertz CT molecular complexity index is 1050. The first kappa shape index (κ1) is 19.9. The Labute approximate surface area is 171 Å². The molecule has 8 heteroatoms. The number of fused-ring (bicyclic) bond motifs is 1. The number of nitrogens with zero attached hydrogens (tertiary/aromatic N) is 3. The Morgan fingerprint density at radius 2 is 1.73 bits per heavy atom. The molecule has 30 heavy (non-hydrogen) atoms. The largest absolute Gasteiger partial charge is 0.488 e. The minimum atomic E-state index is -4.40. The lowest BCUT2D eigenvalue weighted by Crippen LogP contribution is -2.35. The third-order valence-electron chi connectivity index (χ3n) is 4.80. The number of amides is 1. The maximum Gasteiger partial charge on any atom is 0.416 e. The van der Waals surface area contributed by atoms with Gasteiger partial charge in [-0.25, -0.2) is 9.97 Å². The molecule has 2 aromatic carbocycles. The predicted molar refractivity (Wildman–Crippen MR) is 104 cm³/mol. The van der Waals surface area contributed by atoms with Gasteiger partial charge in [0.2, 0.25) is 0 Å². The van der Waals surface area contributed by atoms with E-state index in [1.54, 1.807) is 41.6 Å². The van der Waals surface area contributed by atoms with E-state index in [0.717, 1.165) is 12.1 Å². The standard InChI is InChI=1S/C22H18F3N3O2/c1-14-12-28(13-20-26-9-2-10-27-20)21(29)18-11-16(5-8-19(18)30-14)15-3-6-17(7-4-15)22(23,24)25/h2-11,14H,12-13H2,1H3/t14-/m0/s1. The van der Waals surface area contributed by atoms with Crippen LogP contribution in [0.4, 0.5) is 13.2 Å². The van der Waals surface area contributed by atoms with E-state index in [4.69, 9.17) is 4.74 Å². The first-order chi connectivity index (χ1) is 14.3. The van der Waals surface area contributed by atoms with Gasteiger partial charge in [-0.3, -0.25) is 4.79 Å². The smallest absolute Gasteiger partial charge is 0.416 e. The molecule has 0 aliphatic carbocycles. The zero-order valence-electron chi connectivity index (χ0n) is 16.1. The van der Waals surface area contributed by atoms with Gasteiger partial charge < -0.3 is 9.64 Å². The number of rotatable bonds is 3. The van der Waals surface area contributed by atoms with Gasteiger partial charge in [0.05, 0.1) is 24.2 Å². The molecule has 0 N–H and O–H groups in total. The van der Waals surface area contributed by atoms with Gasteiger partial charge in [-0.2, -0.15) is 13.2 Å². The van der Waals surface area contributed by atoms with Gasteiger partial charge in [0, 0.05) is 12.4 Å². The molecule has 1 atom stereocenters. The van der Waals surface area contributed by atoms with Crippen molar-refractivity contribution >= 4 is 5.91 Å². The summed E-state index contributed by atoms with van der Waals surface area (Å²) in [6.07, 6.45) is -1.41. The van der Waals surface area contributed by atoms with E-state index < -0.39 is 11.7 Å². The van der Waals surface area contributed by atoms with Crippen LogP contribution in [0.25, 0.3) is 11.1 Å². The van der Waals surface area contributed by atoms with Crippen molar-refractivity contribution in [3.05, 3.63) is 77.9 Å². The van der Waals surface area contributed by atoms with E-state index >= 15 is 0 Å². The van der Waals surface area contributed by atoms with Crippen molar-refractivity contribution in [2.75, 3.05) is 6.54 Å². The Kier molecular flexibility index (Phi) is 5.15. The first-order valence-electron chi connectivity index (χ1n) is 9.35. The number of hydrogen-bond acceptors (Lipinski definition) is 4. The number of alkyl halides is 3. The monoisotopic (exact) mass is 413 g/mol. The number of aromatic nitrogens is 2. The molecular weight excluding hydrogens is 395 g/mol. The molecule has 1 aliphatic heterocycles. The van der Waals surface area contributed by atoms with Gasteiger partial charge in [0.25, 0.3) is 5.91 Å². The fourth-order valence-electron chi connectivity index (χ4n) is 3.37. The summed E-state index contributed by atoms with van der Waals surface area (Å²) in [4.78, 5) is 23.2. The van der Waals surface area contributed by atoms with E-state index in [-0.39, 0.29) is 18.6 Å². The minimum absolute atomic E-state index is 0.233. The topological polar surface area (TPSA) is 55.3 Å². The molecule has 0 unspecified atom stereocenters.